The van der Waals surface area contributed by atoms with Crippen molar-refractivity contribution in [2.75, 3.05) is 5.32 Å². The minimum Gasteiger partial charge on any atom is -0.481 e. The van der Waals surface area contributed by atoms with Crippen LogP contribution in [-0.4, -0.2) is 17.1 Å². The van der Waals surface area contributed by atoms with Gasteiger partial charge in [0.05, 0.1) is 0 Å². The molecule has 0 aliphatic carbocycles. The molecule has 0 amide bonds. The smallest absolute Gasteiger partial charge is 0.303 e. The normalized spacial score (nSPS) is 17.9. The van der Waals surface area contributed by atoms with Crippen LogP contribution in [0.2, 0.25) is 0 Å². The molecular weight excluding hydrogens is 202 g/mol. The quantitative estimate of drug-likeness (QED) is 0.817. The van der Waals surface area contributed by atoms with Gasteiger partial charge in [-0.3, -0.25) is 4.79 Å². The SMILES string of the molecule is CCc1ccc2c(c1)CC(CCC(=O)O)N2. The van der Waals surface area contributed by atoms with Crippen molar-refractivity contribution in [3.8, 4) is 0 Å². The number of rotatable bonds is 4. The van der Waals surface area contributed by atoms with Crippen LogP contribution >= 0.6 is 0 Å². The Kier molecular flexibility index (Phi) is 3.13. The first-order chi connectivity index (χ1) is 7.69. The maximum absolute atomic E-state index is 10.5. The summed E-state index contributed by atoms with van der Waals surface area (Å²) in [7, 11) is 0. The van der Waals surface area contributed by atoms with Gasteiger partial charge in [-0.25, -0.2) is 0 Å². The van der Waals surface area contributed by atoms with Crippen LogP contribution in [0.1, 0.15) is 30.9 Å². The number of benzene rings is 1. The highest BCUT2D eigenvalue weighted by molar-refractivity contribution is 5.67. The molecule has 3 nitrogen and oxygen atoms in total. The Balaban J connectivity index is 2.00. The van der Waals surface area contributed by atoms with Crippen LogP contribution in [0.25, 0.3) is 0 Å². The topological polar surface area (TPSA) is 49.3 Å². The summed E-state index contributed by atoms with van der Waals surface area (Å²) in [6.07, 6.45) is 2.95. The largest absolute Gasteiger partial charge is 0.481 e. The van der Waals surface area contributed by atoms with Gasteiger partial charge in [0, 0.05) is 18.2 Å². The van der Waals surface area contributed by atoms with E-state index in [1.54, 1.807) is 0 Å². The molecule has 1 aromatic carbocycles. The van der Waals surface area contributed by atoms with Crippen molar-refractivity contribution in [1.82, 2.24) is 0 Å². The second-order valence-electron chi connectivity index (χ2n) is 4.32. The zero-order valence-electron chi connectivity index (χ0n) is 9.49. The van der Waals surface area contributed by atoms with E-state index < -0.39 is 5.97 Å². The van der Waals surface area contributed by atoms with Gasteiger partial charge in [0.2, 0.25) is 0 Å². The first-order valence-electron chi connectivity index (χ1n) is 5.79. The van der Waals surface area contributed by atoms with Crippen molar-refractivity contribution >= 4 is 11.7 Å². The van der Waals surface area contributed by atoms with E-state index in [1.807, 2.05) is 0 Å². The van der Waals surface area contributed by atoms with Crippen molar-refractivity contribution in [2.24, 2.45) is 0 Å². The molecule has 1 aliphatic rings. The van der Waals surface area contributed by atoms with E-state index in [0.717, 1.165) is 12.8 Å². The van der Waals surface area contributed by atoms with Gasteiger partial charge < -0.3 is 10.4 Å². The molecule has 16 heavy (non-hydrogen) atoms. The Morgan fingerprint density at radius 3 is 3.06 bits per heavy atom. The van der Waals surface area contributed by atoms with E-state index in [2.05, 4.69) is 30.4 Å². The number of fused-ring (bicyclic) bond motifs is 1. The molecule has 0 fully saturated rings. The van der Waals surface area contributed by atoms with Crippen molar-refractivity contribution in [3.05, 3.63) is 29.3 Å². The number of hydrogen-bond donors (Lipinski definition) is 2. The van der Waals surface area contributed by atoms with Gasteiger partial charge in [-0.15, -0.1) is 0 Å². The summed E-state index contributed by atoms with van der Waals surface area (Å²) in [5, 5.41) is 12.0. The summed E-state index contributed by atoms with van der Waals surface area (Å²) in [6, 6.07) is 6.75. The number of nitrogens with one attached hydrogen (secondary N) is 1. The number of carbonyl (C=O) groups is 1. The molecule has 1 heterocycles. The summed E-state index contributed by atoms with van der Waals surface area (Å²) in [6.45, 7) is 2.14. The number of anilines is 1. The summed E-state index contributed by atoms with van der Waals surface area (Å²) in [4.78, 5) is 10.5. The van der Waals surface area contributed by atoms with E-state index in [-0.39, 0.29) is 6.42 Å². The van der Waals surface area contributed by atoms with Gasteiger partial charge in [-0.2, -0.15) is 0 Å². The molecule has 0 saturated carbocycles. The summed E-state index contributed by atoms with van der Waals surface area (Å²) >= 11 is 0. The molecule has 0 aromatic heterocycles. The molecule has 0 spiro atoms. The van der Waals surface area contributed by atoms with Crippen molar-refractivity contribution in [3.63, 3.8) is 0 Å². The lowest BCUT2D eigenvalue weighted by Crippen LogP contribution is -2.16. The summed E-state index contributed by atoms with van der Waals surface area (Å²) in [5.74, 6) is -0.716. The van der Waals surface area contributed by atoms with Gasteiger partial charge in [0.1, 0.15) is 0 Å². The fourth-order valence-electron chi connectivity index (χ4n) is 2.19. The minimum absolute atomic E-state index is 0.242. The second kappa shape index (κ2) is 4.56. The molecule has 1 aliphatic heterocycles. The van der Waals surface area contributed by atoms with Crippen molar-refractivity contribution < 1.29 is 9.90 Å². The average molecular weight is 219 g/mol. The number of carboxylic acid groups (broad SMARTS) is 1. The standard InChI is InChI=1S/C13H17NO2/c1-2-9-3-5-12-10(7-9)8-11(14-12)4-6-13(15)16/h3,5,7,11,14H,2,4,6,8H2,1H3,(H,15,16). The monoisotopic (exact) mass is 219 g/mol. The third-order valence-corrected chi connectivity index (χ3v) is 3.11. The van der Waals surface area contributed by atoms with Gasteiger partial charge in [0.25, 0.3) is 0 Å². The maximum atomic E-state index is 10.5. The Morgan fingerprint density at radius 1 is 1.56 bits per heavy atom. The number of carboxylic acids is 1. The van der Waals surface area contributed by atoms with Crippen LogP contribution in [0, 0.1) is 0 Å². The van der Waals surface area contributed by atoms with Gasteiger partial charge in [-0.1, -0.05) is 19.1 Å². The van der Waals surface area contributed by atoms with E-state index in [4.69, 9.17) is 5.11 Å². The molecular formula is C13H17NO2. The predicted octanol–water partition coefficient (Wildman–Crippen LogP) is 2.45. The van der Waals surface area contributed by atoms with Crippen LogP contribution < -0.4 is 5.32 Å². The predicted molar refractivity (Wildman–Crippen MR) is 63.8 cm³/mol. The highest BCUT2D eigenvalue weighted by Crippen LogP contribution is 2.28. The zero-order chi connectivity index (χ0) is 11.5. The molecule has 2 N–H and O–H groups in total. The van der Waals surface area contributed by atoms with Crippen LogP contribution in [0.3, 0.4) is 0 Å². The zero-order valence-corrected chi connectivity index (χ0v) is 9.49. The van der Waals surface area contributed by atoms with Gasteiger partial charge in [0.15, 0.2) is 0 Å². The summed E-state index contributed by atoms with van der Waals surface area (Å²) < 4.78 is 0. The highest BCUT2D eigenvalue weighted by Gasteiger charge is 2.20. The minimum atomic E-state index is -0.716. The first-order valence-corrected chi connectivity index (χ1v) is 5.79. The van der Waals surface area contributed by atoms with Crippen molar-refractivity contribution in [1.29, 1.82) is 0 Å². The Hall–Kier alpha value is -1.51. The third kappa shape index (κ3) is 2.35. The Labute approximate surface area is 95.5 Å². The number of aliphatic carboxylic acids is 1. The maximum Gasteiger partial charge on any atom is 0.303 e. The van der Waals surface area contributed by atoms with Gasteiger partial charge in [-0.05, 0) is 36.5 Å². The second-order valence-corrected chi connectivity index (χ2v) is 4.32. The average Bonchev–Trinajstić information content (AvgIpc) is 2.67. The third-order valence-electron chi connectivity index (χ3n) is 3.11. The Morgan fingerprint density at radius 2 is 2.38 bits per heavy atom. The molecule has 2 rings (SSSR count). The van der Waals surface area contributed by atoms with Crippen LogP contribution in [0.5, 0.6) is 0 Å². The van der Waals surface area contributed by atoms with Crippen LogP contribution in [0.4, 0.5) is 5.69 Å². The molecule has 1 aromatic rings. The lowest BCUT2D eigenvalue weighted by Gasteiger charge is -2.08. The van der Waals surface area contributed by atoms with Crippen LogP contribution in [0.15, 0.2) is 18.2 Å². The van der Waals surface area contributed by atoms with Crippen LogP contribution in [-0.2, 0) is 17.6 Å². The lowest BCUT2D eigenvalue weighted by atomic mass is 10.0. The highest BCUT2D eigenvalue weighted by atomic mass is 16.4. The molecule has 0 saturated heterocycles. The molecule has 3 heteroatoms. The Bertz CT molecular complexity index is 401. The molecule has 0 bridgehead atoms. The molecule has 1 atom stereocenters. The van der Waals surface area contributed by atoms with E-state index in [9.17, 15) is 4.79 Å². The lowest BCUT2D eigenvalue weighted by molar-refractivity contribution is -0.137. The molecule has 1 unspecified atom stereocenters. The number of hydrogen-bond acceptors (Lipinski definition) is 2. The first kappa shape index (κ1) is 11.0. The van der Waals surface area contributed by atoms with E-state index in [0.29, 0.717) is 12.5 Å². The van der Waals surface area contributed by atoms with E-state index >= 15 is 0 Å². The molecule has 0 radical (unpaired) electrons. The van der Waals surface area contributed by atoms with E-state index in [1.165, 1.54) is 16.8 Å². The number of aryl methyl sites for hydroxylation is 1. The van der Waals surface area contributed by atoms with Gasteiger partial charge >= 0.3 is 5.97 Å². The van der Waals surface area contributed by atoms with Crippen molar-refractivity contribution in [2.45, 2.75) is 38.6 Å². The fourth-order valence-corrected chi connectivity index (χ4v) is 2.19. The molecule has 86 valence electrons. The fraction of sp³-hybridized carbons (Fsp3) is 0.462. The summed E-state index contributed by atoms with van der Waals surface area (Å²) in [5.41, 5.74) is 3.85.